The van der Waals surface area contributed by atoms with Gasteiger partial charge in [0.15, 0.2) is 0 Å². The molecule has 1 N–H and O–H groups in total. The highest BCUT2D eigenvalue weighted by Gasteiger charge is 2.28. The molecule has 1 amide bonds. The lowest BCUT2D eigenvalue weighted by atomic mass is 10.0. The Morgan fingerprint density at radius 3 is 2.24 bits per heavy atom. The summed E-state index contributed by atoms with van der Waals surface area (Å²) in [6.07, 6.45) is 3.76. The van der Waals surface area contributed by atoms with Crippen LogP contribution in [0.2, 0.25) is 15.1 Å². The topological polar surface area (TPSA) is 94.9 Å². The number of nitrogens with one attached hydrogen (secondary N) is 1. The summed E-state index contributed by atoms with van der Waals surface area (Å²) in [4.78, 5) is 34.9. The summed E-state index contributed by atoms with van der Waals surface area (Å²) in [6.45, 7) is 6.62. The Kier molecular flexibility index (Phi) is 9.62. The van der Waals surface area contributed by atoms with Gasteiger partial charge in [-0.1, -0.05) is 53.0 Å². The van der Waals surface area contributed by atoms with Crippen molar-refractivity contribution in [3.63, 3.8) is 0 Å². The molecule has 2 saturated heterocycles. The molecule has 0 bridgehead atoms. The average Bonchev–Trinajstić information content (AvgIpc) is 2.98. The average molecular weight is 620 g/mol. The lowest BCUT2D eigenvalue weighted by molar-refractivity contribution is -0.384. The van der Waals surface area contributed by atoms with E-state index in [0.717, 1.165) is 69.8 Å². The zero-order valence-corrected chi connectivity index (χ0v) is 24.7. The normalized spacial score (nSPS) is 17.0. The SMILES string of the molecule is O=C(NCc1ccc(Cl)c(Cl)c1)c1cnc(N2CCN(C3CCN(Cc4ccc([N+](=O)[O-])cc4)CC3)CC2)c(Cl)c1.[HH]. The van der Waals surface area contributed by atoms with Crippen LogP contribution in [-0.2, 0) is 13.1 Å². The van der Waals surface area contributed by atoms with Crippen LogP contribution in [0.4, 0.5) is 11.5 Å². The lowest BCUT2D eigenvalue weighted by Crippen LogP contribution is -2.53. The van der Waals surface area contributed by atoms with Crippen molar-refractivity contribution in [2.24, 2.45) is 0 Å². The molecule has 0 radical (unpaired) electrons. The maximum absolute atomic E-state index is 12.7. The highest BCUT2D eigenvalue weighted by molar-refractivity contribution is 6.42. The van der Waals surface area contributed by atoms with Gasteiger partial charge in [0.25, 0.3) is 11.6 Å². The number of nitro benzene ring substituents is 1. The number of aromatic nitrogens is 1. The first-order valence-corrected chi connectivity index (χ1v) is 14.7. The second-order valence-electron chi connectivity index (χ2n) is 10.4. The molecule has 0 unspecified atom stereocenters. The molecular formula is C29H33Cl3N6O3. The summed E-state index contributed by atoms with van der Waals surface area (Å²) >= 11 is 18.6. The zero-order chi connectivity index (χ0) is 28.9. The van der Waals surface area contributed by atoms with Crippen LogP contribution >= 0.6 is 34.8 Å². The molecule has 0 atom stereocenters. The minimum absolute atomic E-state index is 0. The molecule has 2 fully saturated rings. The van der Waals surface area contributed by atoms with E-state index in [4.69, 9.17) is 34.8 Å². The van der Waals surface area contributed by atoms with E-state index >= 15 is 0 Å². The summed E-state index contributed by atoms with van der Waals surface area (Å²) in [6, 6.07) is 14.3. The molecule has 12 heteroatoms. The first-order valence-electron chi connectivity index (χ1n) is 13.6. The molecular weight excluding hydrogens is 587 g/mol. The van der Waals surface area contributed by atoms with Crippen LogP contribution in [-0.4, -0.2) is 70.9 Å². The molecule has 0 aliphatic carbocycles. The number of carbonyl (C=O) groups excluding carboxylic acids is 1. The predicted molar refractivity (Wildman–Crippen MR) is 164 cm³/mol. The van der Waals surface area contributed by atoms with Gasteiger partial charge in [-0.05, 0) is 55.3 Å². The number of hydrogen-bond donors (Lipinski definition) is 1. The molecule has 5 rings (SSSR count). The van der Waals surface area contributed by atoms with E-state index in [1.807, 2.05) is 18.2 Å². The number of amides is 1. The fourth-order valence-electron chi connectivity index (χ4n) is 5.44. The molecule has 3 heterocycles. The number of non-ortho nitro benzene ring substituents is 1. The van der Waals surface area contributed by atoms with E-state index in [1.165, 1.54) is 0 Å². The fraction of sp³-hybridized carbons (Fsp3) is 0.379. The Morgan fingerprint density at radius 1 is 0.927 bits per heavy atom. The fourth-order valence-corrected chi connectivity index (χ4v) is 6.05. The number of piperidine rings is 1. The zero-order valence-electron chi connectivity index (χ0n) is 22.4. The third-order valence-corrected chi connectivity index (χ3v) is 8.78. The van der Waals surface area contributed by atoms with Crippen molar-refractivity contribution < 1.29 is 11.1 Å². The Morgan fingerprint density at radius 2 is 1.61 bits per heavy atom. The van der Waals surface area contributed by atoms with E-state index in [0.29, 0.717) is 39.0 Å². The number of likely N-dealkylation sites (tertiary alicyclic amines) is 1. The largest absolute Gasteiger partial charge is 0.353 e. The van der Waals surface area contributed by atoms with Crippen LogP contribution in [0, 0.1) is 10.1 Å². The number of benzene rings is 2. The van der Waals surface area contributed by atoms with Gasteiger partial charge in [0.1, 0.15) is 5.82 Å². The van der Waals surface area contributed by atoms with Crippen LogP contribution in [0.1, 0.15) is 35.8 Å². The van der Waals surface area contributed by atoms with Crippen molar-refractivity contribution in [2.75, 3.05) is 44.2 Å². The molecule has 1 aromatic heterocycles. The number of hydrogen-bond acceptors (Lipinski definition) is 7. The second kappa shape index (κ2) is 13.4. The summed E-state index contributed by atoms with van der Waals surface area (Å²) in [5.74, 6) is 0.437. The maximum Gasteiger partial charge on any atom is 0.269 e. The molecule has 0 saturated carbocycles. The number of pyridine rings is 1. The number of nitro groups is 1. The third kappa shape index (κ3) is 7.47. The van der Waals surface area contributed by atoms with Gasteiger partial charge in [-0.25, -0.2) is 4.98 Å². The van der Waals surface area contributed by atoms with E-state index in [1.54, 1.807) is 36.5 Å². The Hall–Kier alpha value is -2.95. The maximum atomic E-state index is 12.7. The lowest BCUT2D eigenvalue weighted by Gasteiger charge is -2.43. The minimum Gasteiger partial charge on any atom is -0.353 e. The van der Waals surface area contributed by atoms with Crippen LogP contribution < -0.4 is 10.2 Å². The number of anilines is 1. The summed E-state index contributed by atoms with van der Waals surface area (Å²) in [7, 11) is 0. The molecule has 3 aromatic rings. The monoisotopic (exact) mass is 618 g/mol. The van der Waals surface area contributed by atoms with Crippen LogP contribution in [0.5, 0.6) is 0 Å². The molecule has 9 nitrogen and oxygen atoms in total. The van der Waals surface area contributed by atoms with Gasteiger partial charge in [-0.3, -0.25) is 24.7 Å². The standard InChI is InChI=1S/C29H31Cl3N6O3.H2/c30-25-6-3-21(15-26(25)31)17-34-29(39)22-16-27(32)28(33-18-22)37-13-11-36(12-14-37)23-7-9-35(10-8-23)19-20-1-4-24(5-2-20)38(40)41;/h1-6,15-16,18,23H,7-14,17,19H2,(H,34,39);1H. The number of piperazine rings is 1. The number of nitrogens with zero attached hydrogens (tertiary/aromatic N) is 5. The number of rotatable bonds is 8. The van der Waals surface area contributed by atoms with Gasteiger partial charge in [0, 0.05) is 65.1 Å². The molecule has 0 spiro atoms. The smallest absolute Gasteiger partial charge is 0.269 e. The number of halogens is 3. The Labute approximate surface area is 255 Å². The van der Waals surface area contributed by atoms with Crippen molar-refractivity contribution in [3.8, 4) is 0 Å². The third-order valence-electron chi connectivity index (χ3n) is 7.76. The van der Waals surface area contributed by atoms with Crippen molar-refractivity contribution in [2.45, 2.75) is 32.0 Å². The molecule has 2 aliphatic heterocycles. The Balaban J connectivity index is 0.00000405. The van der Waals surface area contributed by atoms with Crippen molar-refractivity contribution in [3.05, 3.63) is 96.6 Å². The molecule has 2 aromatic carbocycles. The van der Waals surface area contributed by atoms with Crippen molar-refractivity contribution in [1.82, 2.24) is 20.1 Å². The van der Waals surface area contributed by atoms with E-state index in [9.17, 15) is 14.9 Å². The van der Waals surface area contributed by atoms with E-state index in [2.05, 4.69) is 25.0 Å². The van der Waals surface area contributed by atoms with Gasteiger partial charge >= 0.3 is 0 Å². The van der Waals surface area contributed by atoms with Crippen molar-refractivity contribution in [1.29, 1.82) is 0 Å². The summed E-state index contributed by atoms with van der Waals surface area (Å²) in [5, 5.41) is 15.1. The Bertz CT molecular complexity index is 1400. The van der Waals surface area contributed by atoms with Crippen LogP contribution in [0.15, 0.2) is 54.7 Å². The summed E-state index contributed by atoms with van der Waals surface area (Å²) in [5.41, 5.74) is 2.47. The summed E-state index contributed by atoms with van der Waals surface area (Å²) < 4.78 is 0. The highest BCUT2D eigenvalue weighted by Crippen LogP contribution is 2.27. The van der Waals surface area contributed by atoms with E-state index in [-0.39, 0.29) is 17.9 Å². The second-order valence-corrected chi connectivity index (χ2v) is 11.6. The van der Waals surface area contributed by atoms with Crippen LogP contribution in [0.25, 0.3) is 0 Å². The van der Waals surface area contributed by atoms with Gasteiger partial charge < -0.3 is 10.2 Å². The minimum atomic E-state index is -0.366. The van der Waals surface area contributed by atoms with Crippen LogP contribution in [0.3, 0.4) is 0 Å². The first-order chi connectivity index (χ1) is 19.8. The van der Waals surface area contributed by atoms with Gasteiger partial charge in [-0.15, -0.1) is 0 Å². The van der Waals surface area contributed by atoms with E-state index < -0.39 is 0 Å². The number of carbonyl (C=O) groups is 1. The molecule has 41 heavy (non-hydrogen) atoms. The molecule has 2 aliphatic rings. The van der Waals surface area contributed by atoms with Gasteiger partial charge in [0.05, 0.1) is 25.6 Å². The quantitative estimate of drug-likeness (QED) is 0.247. The van der Waals surface area contributed by atoms with Crippen molar-refractivity contribution >= 4 is 52.2 Å². The van der Waals surface area contributed by atoms with Gasteiger partial charge in [-0.2, -0.15) is 0 Å². The predicted octanol–water partition coefficient (Wildman–Crippen LogP) is 5.91. The molecule has 218 valence electrons. The van der Waals surface area contributed by atoms with Gasteiger partial charge in [0.2, 0.25) is 0 Å². The first kappa shape index (κ1) is 29.5. The highest BCUT2D eigenvalue weighted by atomic mass is 35.5.